The Bertz CT molecular complexity index is 2050. The number of alkyl halides is 6. The van der Waals surface area contributed by atoms with Gasteiger partial charge in [-0.25, -0.2) is 0 Å². The summed E-state index contributed by atoms with van der Waals surface area (Å²) in [6.45, 7) is 12.6. The number of rotatable bonds is 4. The second kappa shape index (κ2) is 16.7. The molecule has 19 heteroatoms. The molecule has 2 fully saturated rings. The predicted molar refractivity (Wildman–Crippen MR) is 216 cm³/mol. The van der Waals surface area contributed by atoms with Crippen LogP contribution in [0.15, 0.2) is 65.1 Å². The smallest absolute Gasteiger partial charge is 0.302 e. The van der Waals surface area contributed by atoms with Crippen molar-refractivity contribution in [2.45, 2.75) is 98.1 Å². The molecule has 8 nitrogen and oxygen atoms in total. The third-order valence-corrected chi connectivity index (χ3v) is 10.8. The van der Waals surface area contributed by atoms with Gasteiger partial charge in [-0.3, -0.25) is 33.9 Å². The summed E-state index contributed by atoms with van der Waals surface area (Å²) < 4.78 is 81.4. The fourth-order valence-electron chi connectivity index (χ4n) is 7.16. The minimum absolute atomic E-state index is 0.113. The van der Waals surface area contributed by atoms with Crippen molar-refractivity contribution in [3.8, 4) is 0 Å². The summed E-state index contributed by atoms with van der Waals surface area (Å²) in [5, 5.41) is 0.897. The normalized spacial score (nSPS) is 21.7. The maximum absolute atomic E-state index is 13.9. The molecule has 4 atom stereocenters. The molecule has 0 radical (unpaired) electrons. The third kappa shape index (κ3) is 9.86. The molecule has 0 aliphatic carbocycles. The van der Waals surface area contributed by atoms with E-state index < -0.39 is 70.7 Å². The van der Waals surface area contributed by atoms with E-state index in [0.717, 1.165) is 9.37 Å². The van der Waals surface area contributed by atoms with Crippen molar-refractivity contribution in [3.63, 3.8) is 0 Å². The van der Waals surface area contributed by atoms with Crippen LogP contribution in [0.2, 0.25) is 20.1 Å². The van der Waals surface area contributed by atoms with Crippen molar-refractivity contribution in [2.24, 2.45) is 10.8 Å². The van der Waals surface area contributed by atoms with Gasteiger partial charge in [0.05, 0.1) is 0 Å². The average molecular weight is 963 g/mol. The Kier molecular flexibility index (Phi) is 13.6. The summed E-state index contributed by atoms with van der Waals surface area (Å²) in [6.07, 6.45) is -12.8. The highest BCUT2D eigenvalue weighted by molar-refractivity contribution is 9.10. The van der Waals surface area contributed by atoms with Crippen LogP contribution in [0.5, 0.6) is 0 Å². The first-order chi connectivity index (χ1) is 26.3. The molecule has 2 saturated heterocycles. The van der Waals surface area contributed by atoms with Crippen molar-refractivity contribution in [1.82, 2.24) is 9.80 Å². The van der Waals surface area contributed by atoms with Crippen molar-refractivity contribution in [3.05, 3.63) is 90.8 Å². The van der Waals surface area contributed by atoms with E-state index >= 15 is 0 Å². The van der Waals surface area contributed by atoms with Crippen LogP contribution in [-0.4, -0.2) is 69.7 Å². The predicted octanol–water partition coefficient (Wildman–Crippen LogP) is 11.4. The van der Waals surface area contributed by atoms with Gasteiger partial charge in [-0.1, -0.05) is 116 Å². The summed E-state index contributed by atoms with van der Waals surface area (Å²) >= 11 is 27.5. The molecule has 0 N–H and O–H groups in total. The zero-order chi connectivity index (χ0) is 44.2. The Balaban J connectivity index is 0.000000267. The number of carbonyl (C=O) groups excluding carboxylic acids is 4. The van der Waals surface area contributed by atoms with Gasteiger partial charge in [-0.15, -0.1) is 0 Å². The highest BCUT2D eigenvalue weighted by Gasteiger charge is 2.64. The van der Waals surface area contributed by atoms with Gasteiger partial charge in [0, 0.05) is 53.2 Å². The topological polar surface area (TPSA) is 81.2 Å². The third-order valence-electron chi connectivity index (χ3n) is 9.42. The lowest BCUT2D eigenvalue weighted by Crippen LogP contribution is -2.59. The van der Waals surface area contributed by atoms with E-state index in [-0.39, 0.29) is 37.9 Å². The summed E-state index contributed by atoms with van der Waals surface area (Å²) in [7, 11) is 0. The van der Waals surface area contributed by atoms with Crippen LogP contribution in [0.1, 0.15) is 61.0 Å². The Morgan fingerprint density at radius 3 is 1.45 bits per heavy atom. The lowest BCUT2D eigenvalue weighted by atomic mass is 9.87. The first-order valence-corrected chi connectivity index (χ1v) is 19.7. The number of hydrogen-bond donors (Lipinski definition) is 0. The second-order valence-electron chi connectivity index (χ2n) is 16.3. The van der Waals surface area contributed by atoms with Crippen molar-refractivity contribution < 1.29 is 45.5 Å². The zero-order valence-corrected chi connectivity index (χ0v) is 36.9. The Labute approximate surface area is 360 Å². The van der Waals surface area contributed by atoms with Crippen LogP contribution < -0.4 is 9.80 Å². The van der Waals surface area contributed by atoms with Gasteiger partial charge in [-0.2, -0.15) is 26.3 Å². The Morgan fingerprint density at radius 1 is 0.672 bits per heavy atom. The van der Waals surface area contributed by atoms with E-state index in [9.17, 15) is 45.5 Å². The number of anilines is 2. The lowest BCUT2D eigenvalue weighted by molar-refractivity contribution is -0.194. The zero-order valence-electron chi connectivity index (χ0n) is 32.3. The van der Waals surface area contributed by atoms with E-state index in [4.69, 9.17) is 46.4 Å². The van der Waals surface area contributed by atoms with Gasteiger partial charge >= 0.3 is 24.2 Å². The maximum Gasteiger partial charge on any atom is 0.471 e. The van der Waals surface area contributed by atoms with Crippen LogP contribution in [0.25, 0.3) is 0 Å². The molecule has 0 unspecified atom stereocenters. The molecule has 3 aromatic carbocycles. The maximum atomic E-state index is 13.9. The van der Waals surface area contributed by atoms with Crippen LogP contribution >= 0.6 is 62.3 Å². The molecule has 2 aliphatic heterocycles. The van der Waals surface area contributed by atoms with E-state index in [1.165, 1.54) is 55.1 Å². The molecule has 0 bridgehead atoms. The van der Waals surface area contributed by atoms with Gasteiger partial charge in [0.1, 0.15) is 23.9 Å². The number of benzene rings is 3. The Morgan fingerprint density at radius 2 is 1.07 bits per heavy atom. The SMILES string of the molecule is CC(C)(C)[C@@H]1N(c2cc(Cl)cc(Cl)c2)C(=O)[C@@](C)(Cc2ccc(Br)cc2)N1C(=O)C(F)(F)F.C[C@@H]1C(=O)N(c2cc(Cl)cc(Cl)c2)[C@@H](C(C)(C)C)N1C(=O)C(F)(F)F. The molecule has 5 rings (SSSR count). The summed E-state index contributed by atoms with van der Waals surface area (Å²) in [6, 6.07) is 14.2. The quantitative estimate of drug-likeness (QED) is 0.244. The molecule has 0 aromatic heterocycles. The first-order valence-electron chi connectivity index (χ1n) is 17.4. The minimum atomic E-state index is -5.17. The minimum Gasteiger partial charge on any atom is -0.302 e. The molecular weight excluding hydrogens is 924 g/mol. The molecular formula is C39H39BrCl4F6N4O4. The van der Waals surface area contributed by atoms with Gasteiger partial charge in [0.15, 0.2) is 0 Å². The number of nitrogens with zero attached hydrogens (tertiary/aromatic N) is 4. The monoisotopic (exact) mass is 960 g/mol. The molecule has 4 amide bonds. The van der Waals surface area contributed by atoms with Gasteiger partial charge < -0.3 is 4.90 Å². The van der Waals surface area contributed by atoms with Gasteiger partial charge in [0.2, 0.25) is 0 Å². The summed E-state index contributed by atoms with van der Waals surface area (Å²) in [5.41, 5.74) is -2.54. The molecule has 316 valence electrons. The largest absolute Gasteiger partial charge is 0.471 e. The van der Waals surface area contributed by atoms with E-state index in [2.05, 4.69) is 15.9 Å². The van der Waals surface area contributed by atoms with Crippen LogP contribution in [0, 0.1) is 10.8 Å². The van der Waals surface area contributed by atoms with Crippen molar-refractivity contribution in [2.75, 3.05) is 9.80 Å². The second-order valence-corrected chi connectivity index (χ2v) is 18.9. The van der Waals surface area contributed by atoms with Crippen molar-refractivity contribution >= 4 is 97.3 Å². The molecule has 3 aromatic rings. The summed E-state index contributed by atoms with van der Waals surface area (Å²) in [5.74, 6) is -5.41. The highest BCUT2D eigenvalue weighted by atomic mass is 79.9. The van der Waals surface area contributed by atoms with Gasteiger partial charge in [-0.05, 0) is 67.9 Å². The van der Waals surface area contributed by atoms with E-state index in [1.807, 2.05) is 0 Å². The number of carbonyl (C=O) groups is 4. The highest BCUT2D eigenvalue weighted by Crippen LogP contribution is 2.47. The van der Waals surface area contributed by atoms with Crippen molar-refractivity contribution in [1.29, 1.82) is 0 Å². The lowest BCUT2D eigenvalue weighted by Gasteiger charge is -2.42. The first kappa shape index (κ1) is 47.4. The van der Waals surface area contributed by atoms with E-state index in [1.54, 1.807) is 65.8 Å². The number of halogens is 11. The molecule has 2 aliphatic rings. The van der Waals surface area contributed by atoms with Crippen LogP contribution in [-0.2, 0) is 25.6 Å². The number of amides is 4. The molecule has 0 spiro atoms. The standard InChI is InChI=1S/C23H22BrCl2F3N2O2.C16H17Cl2F3N2O2/c1-21(2,3)18-30(17-10-15(25)9-16(26)11-17)19(32)22(4,31(18)20(33)23(27,28)29)12-13-5-7-14(24)8-6-13;1-8-12(24)23(11-6-9(17)5-10(18)7-11)13(15(2,3)4)22(8)14(25)16(19,20)21/h5-11,18H,12H2,1-4H3;5-8,13H,1-4H3/t18-,22-;8-,13+/m11/s1. The fourth-order valence-corrected chi connectivity index (χ4v) is 8.46. The average Bonchev–Trinajstić information content (AvgIpc) is 3.46. The van der Waals surface area contributed by atoms with Gasteiger partial charge in [0.25, 0.3) is 11.8 Å². The van der Waals surface area contributed by atoms with Crippen LogP contribution in [0.4, 0.5) is 37.7 Å². The van der Waals surface area contributed by atoms with E-state index in [0.29, 0.717) is 15.4 Å². The molecule has 2 heterocycles. The van der Waals surface area contributed by atoms with Crippen LogP contribution in [0.3, 0.4) is 0 Å². The summed E-state index contributed by atoms with van der Waals surface area (Å²) in [4.78, 5) is 55.0. The number of hydrogen-bond acceptors (Lipinski definition) is 4. The molecule has 58 heavy (non-hydrogen) atoms. The molecule has 0 saturated carbocycles. The fraction of sp³-hybridized carbons (Fsp3) is 0.436. The Hall–Kier alpha value is -3.24.